The number of nitrogens with one attached hydrogen (secondary N) is 1. The molecule has 1 fully saturated rings. The Kier molecular flexibility index (Phi) is 4.11. The molecule has 0 amide bonds. The van der Waals surface area contributed by atoms with Crippen molar-refractivity contribution in [2.45, 2.75) is 39.7 Å². The van der Waals surface area contributed by atoms with Gasteiger partial charge in [-0.05, 0) is 32.3 Å². The zero-order valence-corrected chi connectivity index (χ0v) is 12.0. The van der Waals surface area contributed by atoms with Gasteiger partial charge in [0.2, 0.25) is 0 Å². The van der Waals surface area contributed by atoms with Gasteiger partial charge in [0, 0.05) is 18.7 Å². The maximum Gasteiger partial charge on any atom is 0.126 e. The Morgan fingerprint density at radius 3 is 2.63 bits per heavy atom. The molecule has 0 aliphatic heterocycles. The summed E-state index contributed by atoms with van der Waals surface area (Å²) in [5.74, 6) is 0.956. The van der Waals surface area contributed by atoms with Gasteiger partial charge < -0.3 is 10.1 Å². The highest BCUT2D eigenvalue weighted by molar-refractivity contribution is 5.43. The fourth-order valence-electron chi connectivity index (χ4n) is 2.83. The third kappa shape index (κ3) is 2.90. The van der Waals surface area contributed by atoms with E-state index in [1.54, 1.807) is 7.11 Å². The van der Waals surface area contributed by atoms with E-state index in [4.69, 9.17) is 4.74 Å². The molecule has 0 unspecified atom stereocenters. The van der Waals surface area contributed by atoms with Crippen LogP contribution in [-0.2, 0) is 6.54 Å². The molecule has 0 aromatic heterocycles. The number of methoxy groups -OCH3 is 1. The Labute approximate surface area is 115 Å². The van der Waals surface area contributed by atoms with E-state index in [9.17, 15) is 5.26 Å². The summed E-state index contributed by atoms with van der Waals surface area (Å²) >= 11 is 0. The minimum atomic E-state index is -0.119. The molecule has 1 aliphatic carbocycles. The van der Waals surface area contributed by atoms with Gasteiger partial charge in [0.1, 0.15) is 5.75 Å². The van der Waals surface area contributed by atoms with Gasteiger partial charge in [-0.2, -0.15) is 5.26 Å². The maximum atomic E-state index is 9.21. The summed E-state index contributed by atoms with van der Waals surface area (Å²) in [6.45, 7) is 5.70. The second-order valence-electron chi connectivity index (χ2n) is 5.62. The van der Waals surface area contributed by atoms with Gasteiger partial charge in [0.05, 0.1) is 18.6 Å². The summed E-state index contributed by atoms with van der Waals surface area (Å²) in [4.78, 5) is 0. The summed E-state index contributed by atoms with van der Waals surface area (Å²) in [6.07, 6.45) is 3.24. The van der Waals surface area contributed by atoms with E-state index in [-0.39, 0.29) is 5.41 Å². The highest BCUT2D eigenvalue weighted by Gasteiger charge is 2.36. The minimum absolute atomic E-state index is 0.119. The summed E-state index contributed by atoms with van der Waals surface area (Å²) in [6, 6.07) is 6.74. The number of hydrogen-bond donors (Lipinski definition) is 1. The van der Waals surface area contributed by atoms with Crippen LogP contribution in [-0.4, -0.2) is 13.7 Å². The van der Waals surface area contributed by atoms with Crippen LogP contribution in [0.15, 0.2) is 12.1 Å². The van der Waals surface area contributed by atoms with Crippen molar-refractivity contribution in [2.24, 2.45) is 5.41 Å². The third-order valence-corrected chi connectivity index (χ3v) is 4.03. The molecular weight excluding hydrogens is 236 g/mol. The monoisotopic (exact) mass is 258 g/mol. The number of benzene rings is 1. The van der Waals surface area contributed by atoms with E-state index in [0.29, 0.717) is 0 Å². The van der Waals surface area contributed by atoms with Crippen LogP contribution in [0, 0.1) is 30.6 Å². The molecule has 0 heterocycles. The Balaban J connectivity index is 2.01. The number of rotatable bonds is 5. The molecule has 1 N–H and O–H groups in total. The van der Waals surface area contributed by atoms with Crippen LogP contribution in [0.1, 0.15) is 36.0 Å². The van der Waals surface area contributed by atoms with Crippen molar-refractivity contribution in [1.29, 1.82) is 5.26 Å². The second kappa shape index (κ2) is 5.63. The average molecular weight is 258 g/mol. The predicted molar refractivity (Wildman–Crippen MR) is 76.1 cm³/mol. The molecule has 1 saturated carbocycles. The van der Waals surface area contributed by atoms with E-state index in [2.05, 4.69) is 37.4 Å². The first-order valence-electron chi connectivity index (χ1n) is 6.86. The van der Waals surface area contributed by atoms with Gasteiger partial charge in [-0.3, -0.25) is 0 Å². The molecule has 3 heteroatoms. The molecule has 0 radical (unpaired) electrons. The average Bonchev–Trinajstić information content (AvgIpc) is 2.32. The van der Waals surface area contributed by atoms with Gasteiger partial charge in [0.15, 0.2) is 0 Å². The van der Waals surface area contributed by atoms with Crippen molar-refractivity contribution >= 4 is 0 Å². The quantitative estimate of drug-likeness (QED) is 0.882. The second-order valence-corrected chi connectivity index (χ2v) is 5.62. The van der Waals surface area contributed by atoms with E-state index in [1.165, 1.54) is 17.5 Å². The van der Waals surface area contributed by atoms with E-state index < -0.39 is 0 Å². The highest BCUT2D eigenvalue weighted by Crippen LogP contribution is 2.39. The molecule has 1 aromatic rings. The lowest BCUT2D eigenvalue weighted by Gasteiger charge is -2.35. The number of aryl methyl sites for hydroxylation is 2. The van der Waals surface area contributed by atoms with Crippen LogP contribution in [0.4, 0.5) is 0 Å². The third-order valence-electron chi connectivity index (χ3n) is 4.03. The zero-order valence-electron chi connectivity index (χ0n) is 12.0. The molecule has 3 nitrogen and oxygen atoms in total. The first-order valence-corrected chi connectivity index (χ1v) is 6.86. The lowest BCUT2D eigenvalue weighted by molar-refractivity contribution is 0.206. The Bertz CT molecular complexity index is 498. The van der Waals surface area contributed by atoms with Crippen molar-refractivity contribution in [3.8, 4) is 11.8 Å². The van der Waals surface area contributed by atoms with Crippen molar-refractivity contribution in [3.05, 3.63) is 28.8 Å². The van der Waals surface area contributed by atoms with E-state index >= 15 is 0 Å². The van der Waals surface area contributed by atoms with E-state index in [0.717, 1.165) is 37.2 Å². The van der Waals surface area contributed by atoms with Crippen LogP contribution in [0.5, 0.6) is 5.75 Å². The fraction of sp³-hybridized carbons (Fsp3) is 0.562. The smallest absolute Gasteiger partial charge is 0.126 e. The molecule has 0 bridgehead atoms. The van der Waals surface area contributed by atoms with Crippen molar-refractivity contribution < 1.29 is 4.74 Å². The predicted octanol–water partition coefficient (Wildman–Crippen LogP) is 3.10. The normalized spacial score (nSPS) is 16.5. The molecule has 19 heavy (non-hydrogen) atoms. The van der Waals surface area contributed by atoms with Crippen LogP contribution < -0.4 is 10.1 Å². The number of ether oxygens (including phenoxy) is 1. The lowest BCUT2D eigenvalue weighted by Crippen LogP contribution is -2.38. The number of nitriles is 1. The first kappa shape index (κ1) is 13.9. The van der Waals surface area contributed by atoms with Gasteiger partial charge in [-0.25, -0.2) is 0 Å². The number of nitrogens with zero attached hydrogens (tertiary/aromatic N) is 1. The molecular formula is C16H22N2O. The van der Waals surface area contributed by atoms with Crippen LogP contribution >= 0.6 is 0 Å². The zero-order chi connectivity index (χ0) is 13.9. The minimum Gasteiger partial charge on any atom is -0.496 e. The van der Waals surface area contributed by atoms with Crippen LogP contribution in [0.3, 0.4) is 0 Å². The van der Waals surface area contributed by atoms with E-state index in [1.807, 2.05) is 0 Å². The van der Waals surface area contributed by atoms with Crippen LogP contribution in [0.25, 0.3) is 0 Å². The van der Waals surface area contributed by atoms with Crippen LogP contribution in [0.2, 0.25) is 0 Å². The van der Waals surface area contributed by atoms with Gasteiger partial charge in [-0.15, -0.1) is 0 Å². The number of hydrogen-bond acceptors (Lipinski definition) is 3. The Morgan fingerprint density at radius 1 is 1.37 bits per heavy atom. The Hall–Kier alpha value is -1.53. The largest absolute Gasteiger partial charge is 0.496 e. The molecule has 102 valence electrons. The Morgan fingerprint density at radius 2 is 2.11 bits per heavy atom. The van der Waals surface area contributed by atoms with Gasteiger partial charge in [-0.1, -0.05) is 24.1 Å². The molecule has 2 rings (SSSR count). The summed E-state index contributed by atoms with van der Waals surface area (Å²) in [5, 5.41) is 12.6. The molecule has 0 saturated heterocycles. The molecule has 0 spiro atoms. The molecule has 1 aliphatic rings. The standard InChI is InChI=1S/C16H22N2O/c1-12-7-13(2)15(19-3)14(8-12)9-18-11-16(10-17)5-4-6-16/h7-8,18H,4-6,9,11H2,1-3H3. The SMILES string of the molecule is COc1c(C)cc(C)cc1CNCC1(C#N)CCC1. The summed E-state index contributed by atoms with van der Waals surface area (Å²) in [5.41, 5.74) is 3.46. The van der Waals surface area contributed by atoms with Gasteiger partial charge >= 0.3 is 0 Å². The lowest BCUT2D eigenvalue weighted by atomic mass is 9.70. The fourth-order valence-corrected chi connectivity index (χ4v) is 2.83. The highest BCUT2D eigenvalue weighted by atomic mass is 16.5. The van der Waals surface area contributed by atoms with Crippen molar-refractivity contribution in [1.82, 2.24) is 5.32 Å². The first-order chi connectivity index (χ1) is 9.10. The van der Waals surface area contributed by atoms with Crippen molar-refractivity contribution in [3.63, 3.8) is 0 Å². The molecule has 1 aromatic carbocycles. The van der Waals surface area contributed by atoms with Gasteiger partial charge in [0.25, 0.3) is 0 Å². The summed E-state index contributed by atoms with van der Waals surface area (Å²) < 4.78 is 5.48. The molecule has 0 atom stereocenters. The summed E-state index contributed by atoms with van der Waals surface area (Å²) in [7, 11) is 1.71. The maximum absolute atomic E-state index is 9.21. The van der Waals surface area contributed by atoms with Crippen molar-refractivity contribution in [2.75, 3.05) is 13.7 Å². The topological polar surface area (TPSA) is 45.0 Å².